The Kier molecular flexibility index (Phi) is 6.84. The molecule has 1 heterocycles. The van der Waals surface area contributed by atoms with Gasteiger partial charge >= 0.3 is 0 Å². The van der Waals surface area contributed by atoms with E-state index in [0.717, 1.165) is 38.6 Å². The summed E-state index contributed by atoms with van der Waals surface area (Å²) in [5.41, 5.74) is 5.58. The zero-order chi connectivity index (χ0) is 14.3. The molecule has 0 spiro atoms. The predicted octanol–water partition coefficient (Wildman–Crippen LogP) is 0.879. The maximum absolute atomic E-state index is 11.9. The molecule has 0 aliphatic carbocycles. The Bertz CT molecular complexity index is 297. The molecule has 3 N–H and O–H groups in total. The Balaban J connectivity index is 2.25. The number of carbonyl (C=O) groups is 2. The van der Waals surface area contributed by atoms with Crippen LogP contribution in [0.5, 0.6) is 0 Å². The van der Waals surface area contributed by atoms with Gasteiger partial charge < -0.3 is 16.0 Å². The van der Waals surface area contributed by atoms with Crippen LogP contribution in [0.4, 0.5) is 0 Å². The van der Waals surface area contributed by atoms with Crippen molar-refractivity contribution in [2.45, 2.75) is 52.0 Å². The van der Waals surface area contributed by atoms with Crippen LogP contribution in [0.1, 0.15) is 46.0 Å². The topological polar surface area (TPSA) is 75.4 Å². The average molecular weight is 269 g/mol. The number of hydrogen-bond donors (Lipinski definition) is 2. The van der Waals surface area contributed by atoms with Crippen molar-refractivity contribution < 1.29 is 9.59 Å². The van der Waals surface area contributed by atoms with Gasteiger partial charge in [0.15, 0.2) is 0 Å². The quantitative estimate of drug-likeness (QED) is 0.703. The first kappa shape index (κ1) is 16.0. The largest absolute Gasteiger partial charge is 0.356 e. The maximum Gasteiger partial charge on any atom is 0.239 e. The molecule has 1 rings (SSSR count). The van der Waals surface area contributed by atoms with Crippen LogP contribution in [0.15, 0.2) is 0 Å². The van der Waals surface area contributed by atoms with E-state index in [2.05, 4.69) is 12.2 Å². The van der Waals surface area contributed by atoms with Gasteiger partial charge in [-0.2, -0.15) is 0 Å². The minimum Gasteiger partial charge on any atom is -0.356 e. The summed E-state index contributed by atoms with van der Waals surface area (Å²) >= 11 is 0. The second-order valence-electron chi connectivity index (χ2n) is 5.39. The summed E-state index contributed by atoms with van der Waals surface area (Å²) in [6.07, 6.45) is 4.86. The molecular weight excluding hydrogens is 242 g/mol. The summed E-state index contributed by atoms with van der Waals surface area (Å²) in [6, 6.07) is -0.445. The third-order valence-electron chi connectivity index (χ3n) is 3.65. The molecule has 0 aromatic carbocycles. The van der Waals surface area contributed by atoms with Crippen LogP contribution in [0.2, 0.25) is 0 Å². The Labute approximate surface area is 115 Å². The lowest BCUT2D eigenvalue weighted by molar-refractivity contribution is -0.136. The van der Waals surface area contributed by atoms with Gasteiger partial charge in [-0.05, 0) is 26.2 Å². The number of piperidine rings is 1. The smallest absolute Gasteiger partial charge is 0.239 e. The van der Waals surface area contributed by atoms with E-state index < -0.39 is 6.04 Å². The lowest BCUT2D eigenvalue weighted by Gasteiger charge is -2.32. The van der Waals surface area contributed by atoms with Gasteiger partial charge in [0.2, 0.25) is 11.8 Å². The predicted molar refractivity (Wildman–Crippen MR) is 75.5 cm³/mol. The summed E-state index contributed by atoms with van der Waals surface area (Å²) < 4.78 is 0. The molecule has 110 valence electrons. The first-order chi connectivity index (χ1) is 9.06. The molecule has 0 aromatic heterocycles. The van der Waals surface area contributed by atoms with Gasteiger partial charge in [0.05, 0.1) is 6.04 Å². The Hall–Kier alpha value is -1.10. The number of rotatable bonds is 6. The van der Waals surface area contributed by atoms with Crippen LogP contribution >= 0.6 is 0 Å². The van der Waals surface area contributed by atoms with Crippen molar-refractivity contribution in [3.8, 4) is 0 Å². The maximum atomic E-state index is 11.9. The van der Waals surface area contributed by atoms with Crippen LogP contribution in [-0.2, 0) is 9.59 Å². The Morgan fingerprint density at radius 3 is 2.47 bits per heavy atom. The number of nitrogens with one attached hydrogen (secondary N) is 1. The Morgan fingerprint density at radius 2 is 1.95 bits per heavy atom. The lowest BCUT2D eigenvalue weighted by Crippen LogP contribution is -2.48. The van der Waals surface area contributed by atoms with Crippen molar-refractivity contribution in [3.63, 3.8) is 0 Å². The molecule has 1 saturated heterocycles. The van der Waals surface area contributed by atoms with E-state index in [-0.39, 0.29) is 17.7 Å². The van der Waals surface area contributed by atoms with Crippen molar-refractivity contribution in [2.24, 2.45) is 11.7 Å². The highest BCUT2D eigenvalue weighted by Gasteiger charge is 2.27. The van der Waals surface area contributed by atoms with E-state index in [0.29, 0.717) is 13.1 Å². The molecular formula is C14H27N3O2. The van der Waals surface area contributed by atoms with E-state index in [1.165, 1.54) is 0 Å². The minimum absolute atomic E-state index is 0.0122. The van der Waals surface area contributed by atoms with Gasteiger partial charge in [-0.25, -0.2) is 0 Å². The zero-order valence-corrected chi connectivity index (χ0v) is 12.2. The molecule has 2 amide bonds. The van der Waals surface area contributed by atoms with Gasteiger partial charge in [-0.1, -0.05) is 19.8 Å². The van der Waals surface area contributed by atoms with Gasteiger partial charge in [-0.3, -0.25) is 9.59 Å². The summed E-state index contributed by atoms with van der Waals surface area (Å²) in [4.78, 5) is 25.4. The molecule has 1 aliphatic heterocycles. The number of likely N-dealkylation sites (tertiary alicyclic amines) is 1. The third kappa shape index (κ3) is 5.19. The minimum atomic E-state index is -0.445. The molecule has 0 radical (unpaired) electrons. The fourth-order valence-corrected chi connectivity index (χ4v) is 2.38. The van der Waals surface area contributed by atoms with E-state index >= 15 is 0 Å². The number of carbonyl (C=O) groups excluding carboxylic acids is 2. The average Bonchev–Trinajstić information content (AvgIpc) is 2.42. The highest BCUT2D eigenvalue weighted by atomic mass is 16.2. The summed E-state index contributed by atoms with van der Waals surface area (Å²) in [5.74, 6) is 0.185. The van der Waals surface area contributed by atoms with Gasteiger partial charge in [0.25, 0.3) is 0 Å². The number of amides is 2. The number of nitrogens with two attached hydrogens (primary N) is 1. The molecule has 0 aromatic rings. The van der Waals surface area contributed by atoms with Crippen LogP contribution in [0.25, 0.3) is 0 Å². The summed E-state index contributed by atoms with van der Waals surface area (Å²) in [6.45, 7) is 5.91. The fourth-order valence-electron chi connectivity index (χ4n) is 2.38. The summed E-state index contributed by atoms with van der Waals surface area (Å²) in [7, 11) is 0. The highest BCUT2D eigenvalue weighted by Crippen LogP contribution is 2.17. The molecule has 5 nitrogen and oxygen atoms in total. The van der Waals surface area contributed by atoms with Crippen LogP contribution in [-0.4, -0.2) is 42.4 Å². The normalized spacial score (nSPS) is 18.2. The van der Waals surface area contributed by atoms with Crippen molar-refractivity contribution >= 4 is 11.8 Å². The lowest BCUT2D eigenvalue weighted by atomic mass is 9.95. The molecule has 5 heteroatoms. The van der Waals surface area contributed by atoms with E-state index in [1.807, 2.05) is 0 Å². The van der Waals surface area contributed by atoms with Crippen molar-refractivity contribution in [1.82, 2.24) is 10.2 Å². The molecule has 1 aliphatic rings. The Morgan fingerprint density at radius 1 is 1.32 bits per heavy atom. The van der Waals surface area contributed by atoms with Crippen LogP contribution in [0.3, 0.4) is 0 Å². The third-order valence-corrected chi connectivity index (χ3v) is 3.65. The first-order valence-electron chi connectivity index (χ1n) is 7.38. The molecule has 0 bridgehead atoms. The summed E-state index contributed by atoms with van der Waals surface area (Å²) in [5, 5.41) is 2.99. The monoisotopic (exact) mass is 269 g/mol. The van der Waals surface area contributed by atoms with Crippen molar-refractivity contribution in [1.29, 1.82) is 0 Å². The van der Waals surface area contributed by atoms with Crippen LogP contribution in [0, 0.1) is 5.92 Å². The zero-order valence-electron chi connectivity index (χ0n) is 12.2. The van der Waals surface area contributed by atoms with E-state index in [4.69, 9.17) is 5.73 Å². The highest BCUT2D eigenvalue weighted by molar-refractivity contribution is 5.82. The number of nitrogens with zero attached hydrogens (tertiary/aromatic N) is 1. The molecule has 0 unspecified atom stereocenters. The second-order valence-corrected chi connectivity index (χ2v) is 5.39. The van der Waals surface area contributed by atoms with E-state index in [9.17, 15) is 9.59 Å². The first-order valence-corrected chi connectivity index (χ1v) is 7.38. The standard InChI is InChI=1S/C14H27N3O2/c1-3-4-5-8-16-13(18)12-6-9-17(10-7-12)14(19)11(2)15/h11-12H,3-10,15H2,1-2H3,(H,16,18)/t11-/m0/s1. The molecule has 0 saturated carbocycles. The fraction of sp³-hybridized carbons (Fsp3) is 0.857. The molecule has 19 heavy (non-hydrogen) atoms. The van der Waals surface area contributed by atoms with E-state index in [1.54, 1.807) is 11.8 Å². The molecule has 1 fully saturated rings. The van der Waals surface area contributed by atoms with Gasteiger partial charge in [0, 0.05) is 25.6 Å². The molecule has 1 atom stereocenters. The van der Waals surface area contributed by atoms with Gasteiger partial charge in [-0.15, -0.1) is 0 Å². The van der Waals surface area contributed by atoms with Crippen LogP contribution < -0.4 is 11.1 Å². The van der Waals surface area contributed by atoms with Crippen molar-refractivity contribution in [2.75, 3.05) is 19.6 Å². The SMILES string of the molecule is CCCCCNC(=O)C1CCN(C(=O)[C@H](C)N)CC1. The van der Waals surface area contributed by atoms with Crippen molar-refractivity contribution in [3.05, 3.63) is 0 Å². The second kappa shape index (κ2) is 8.15. The van der Waals surface area contributed by atoms with Gasteiger partial charge in [0.1, 0.15) is 0 Å². The number of hydrogen-bond acceptors (Lipinski definition) is 3. The number of unbranched alkanes of at least 4 members (excludes halogenated alkanes) is 2.